The Kier molecular flexibility index (Phi) is 6.52. The molecule has 0 aliphatic heterocycles. The van der Waals surface area contributed by atoms with Gasteiger partial charge in [-0.15, -0.1) is 0 Å². The predicted molar refractivity (Wildman–Crippen MR) is 113 cm³/mol. The Morgan fingerprint density at radius 2 is 1.55 bits per heavy atom. The highest BCUT2D eigenvalue weighted by atomic mass is 35.5. The SMILES string of the molecule is Cc1ccc(C)c(NC(=O)c2ccc(OC(=O)COc3ccc(Cl)cc3)cc2)c1. The van der Waals surface area contributed by atoms with E-state index in [4.69, 9.17) is 21.1 Å². The number of benzene rings is 3. The van der Waals surface area contributed by atoms with Gasteiger partial charge in [0.25, 0.3) is 5.91 Å². The molecule has 5 nitrogen and oxygen atoms in total. The van der Waals surface area contributed by atoms with Gasteiger partial charge in [-0.05, 0) is 79.6 Å². The van der Waals surface area contributed by atoms with Crippen molar-refractivity contribution in [2.75, 3.05) is 11.9 Å². The average Bonchev–Trinajstić information content (AvgIpc) is 2.71. The molecular formula is C23H20ClNO4. The maximum Gasteiger partial charge on any atom is 0.349 e. The summed E-state index contributed by atoms with van der Waals surface area (Å²) in [6.07, 6.45) is 0. The molecule has 29 heavy (non-hydrogen) atoms. The Balaban J connectivity index is 1.55. The smallest absolute Gasteiger partial charge is 0.349 e. The van der Waals surface area contributed by atoms with Gasteiger partial charge in [0.1, 0.15) is 11.5 Å². The maximum absolute atomic E-state index is 12.4. The quantitative estimate of drug-likeness (QED) is 0.449. The lowest BCUT2D eigenvalue weighted by Gasteiger charge is -2.10. The van der Waals surface area contributed by atoms with Crippen molar-refractivity contribution in [2.24, 2.45) is 0 Å². The molecule has 6 heteroatoms. The zero-order valence-electron chi connectivity index (χ0n) is 16.1. The Labute approximate surface area is 174 Å². The molecule has 0 aromatic heterocycles. The minimum Gasteiger partial charge on any atom is -0.482 e. The van der Waals surface area contributed by atoms with E-state index in [9.17, 15) is 9.59 Å². The molecule has 0 radical (unpaired) electrons. The number of esters is 1. The van der Waals surface area contributed by atoms with Crippen molar-refractivity contribution in [3.63, 3.8) is 0 Å². The zero-order valence-corrected chi connectivity index (χ0v) is 16.8. The third kappa shape index (κ3) is 5.83. The van der Waals surface area contributed by atoms with Gasteiger partial charge in [0.2, 0.25) is 0 Å². The number of carbonyl (C=O) groups is 2. The van der Waals surface area contributed by atoms with Crippen molar-refractivity contribution in [1.29, 1.82) is 0 Å². The molecule has 148 valence electrons. The summed E-state index contributed by atoms with van der Waals surface area (Å²) < 4.78 is 10.6. The summed E-state index contributed by atoms with van der Waals surface area (Å²) in [4.78, 5) is 24.4. The summed E-state index contributed by atoms with van der Waals surface area (Å²) in [5.74, 6) is 0.0676. The van der Waals surface area contributed by atoms with Gasteiger partial charge in [-0.1, -0.05) is 23.7 Å². The Bertz CT molecular complexity index is 1010. The summed E-state index contributed by atoms with van der Waals surface area (Å²) in [6.45, 7) is 3.66. The predicted octanol–water partition coefficient (Wildman–Crippen LogP) is 5.19. The van der Waals surface area contributed by atoms with Crippen LogP contribution in [0.5, 0.6) is 11.5 Å². The summed E-state index contributed by atoms with van der Waals surface area (Å²) in [7, 11) is 0. The van der Waals surface area contributed by atoms with Gasteiger partial charge in [0.15, 0.2) is 6.61 Å². The van der Waals surface area contributed by atoms with Crippen LogP contribution >= 0.6 is 11.6 Å². The van der Waals surface area contributed by atoms with Crippen LogP contribution in [-0.4, -0.2) is 18.5 Å². The van der Waals surface area contributed by atoms with Crippen LogP contribution in [0.2, 0.25) is 5.02 Å². The molecule has 0 atom stereocenters. The van der Waals surface area contributed by atoms with Crippen LogP contribution in [0, 0.1) is 13.8 Å². The molecule has 0 aliphatic carbocycles. The van der Waals surface area contributed by atoms with Gasteiger partial charge in [-0.25, -0.2) is 4.79 Å². The molecule has 0 spiro atoms. The molecule has 0 aliphatic rings. The largest absolute Gasteiger partial charge is 0.482 e. The van der Waals surface area contributed by atoms with Gasteiger partial charge in [0.05, 0.1) is 0 Å². The number of rotatable bonds is 6. The summed E-state index contributed by atoms with van der Waals surface area (Å²) in [5, 5.41) is 3.48. The van der Waals surface area contributed by atoms with E-state index >= 15 is 0 Å². The highest BCUT2D eigenvalue weighted by Gasteiger charge is 2.10. The number of hydrogen-bond donors (Lipinski definition) is 1. The lowest BCUT2D eigenvalue weighted by atomic mass is 10.1. The van der Waals surface area contributed by atoms with Crippen molar-refractivity contribution in [1.82, 2.24) is 0 Å². The standard InChI is InChI=1S/C23H20ClNO4/c1-15-3-4-16(2)21(13-15)25-23(27)17-5-9-20(10-6-17)29-22(26)14-28-19-11-7-18(24)8-12-19/h3-13H,14H2,1-2H3,(H,25,27). The molecule has 1 N–H and O–H groups in total. The third-order valence-electron chi connectivity index (χ3n) is 4.16. The first-order valence-corrected chi connectivity index (χ1v) is 9.36. The molecule has 0 saturated heterocycles. The second kappa shape index (κ2) is 9.26. The van der Waals surface area contributed by atoms with Crippen LogP contribution in [-0.2, 0) is 4.79 Å². The number of amides is 1. The van der Waals surface area contributed by atoms with Crippen molar-refractivity contribution in [3.05, 3.63) is 88.4 Å². The van der Waals surface area contributed by atoms with Gasteiger partial charge in [-0.3, -0.25) is 4.79 Å². The number of carbonyl (C=O) groups excluding carboxylic acids is 2. The van der Waals surface area contributed by atoms with Gasteiger partial charge in [0, 0.05) is 16.3 Å². The minimum absolute atomic E-state index is 0.234. The van der Waals surface area contributed by atoms with Gasteiger partial charge < -0.3 is 14.8 Å². The molecule has 3 aromatic rings. The van der Waals surface area contributed by atoms with Gasteiger partial charge in [-0.2, -0.15) is 0 Å². The van der Waals surface area contributed by atoms with Crippen LogP contribution in [0.25, 0.3) is 0 Å². The van der Waals surface area contributed by atoms with E-state index in [0.29, 0.717) is 22.1 Å². The van der Waals surface area contributed by atoms with E-state index in [1.165, 1.54) is 0 Å². The molecular weight excluding hydrogens is 390 g/mol. The highest BCUT2D eigenvalue weighted by molar-refractivity contribution is 6.30. The topological polar surface area (TPSA) is 64.6 Å². The summed E-state index contributed by atoms with van der Waals surface area (Å²) >= 11 is 5.80. The van der Waals surface area contributed by atoms with E-state index in [1.807, 2.05) is 32.0 Å². The van der Waals surface area contributed by atoms with Crippen molar-refractivity contribution in [2.45, 2.75) is 13.8 Å². The molecule has 3 rings (SSSR count). The normalized spacial score (nSPS) is 10.3. The minimum atomic E-state index is -0.549. The fourth-order valence-corrected chi connectivity index (χ4v) is 2.70. The van der Waals surface area contributed by atoms with Crippen LogP contribution in [0.3, 0.4) is 0 Å². The second-order valence-corrected chi connectivity index (χ2v) is 6.95. The van der Waals surface area contributed by atoms with E-state index < -0.39 is 5.97 Å². The number of anilines is 1. The monoisotopic (exact) mass is 409 g/mol. The fraction of sp³-hybridized carbons (Fsp3) is 0.130. The van der Waals surface area contributed by atoms with Crippen LogP contribution in [0.4, 0.5) is 5.69 Å². The molecule has 0 unspecified atom stereocenters. The molecule has 1 amide bonds. The zero-order chi connectivity index (χ0) is 20.8. The van der Waals surface area contributed by atoms with E-state index in [0.717, 1.165) is 16.8 Å². The number of aryl methyl sites for hydroxylation is 2. The maximum atomic E-state index is 12.4. The van der Waals surface area contributed by atoms with Gasteiger partial charge >= 0.3 is 5.97 Å². The summed E-state index contributed by atoms with van der Waals surface area (Å²) in [6, 6.07) is 18.9. The molecule has 3 aromatic carbocycles. The first-order valence-electron chi connectivity index (χ1n) is 8.98. The van der Waals surface area contributed by atoms with E-state index in [2.05, 4.69) is 5.32 Å². The number of ether oxygens (including phenoxy) is 2. The van der Waals surface area contributed by atoms with E-state index in [-0.39, 0.29) is 12.5 Å². The first-order chi connectivity index (χ1) is 13.9. The van der Waals surface area contributed by atoms with Crippen LogP contribution < -0.4 is 14.8 Å². The third-order valence-corrected chi connectivity index (χ3v) is 4.41. The van der Waals surface area contributed by atoms with Crippen LogP contribution in [0.1, 0.15) is 21.5 Å². The molecule has 0 heterocycles. The van der Waals surface area contributed by atoms with Crippen molar-refractivity contribution in [3.8, 4) is 11.5 Å². The first kappa shape index (κ1) is 20.4. The number of nitrogens with one attached hydrogen (secondary N) is 1. The van der Waals surface area contributed by atoms with E-state index in [1.54, 1.807) is 48.5 Å². The number of halogens is 1. The lowest BCUT2D eigenvalue weighted by Crippen LogP contribution is -2.18. The highest BCUT2D eigenvalue weighted by Crippen LogP contribution is 2.19. The Hall–Kier alpha value is -3.31. The van der Waals surface area contributed by atoms with Crippen molar-refractivity contribution >= 4 is 29.2 Å². The summed E-state index contributed by atoms with van der Waals surface area (Å²) in [5.41, 5.74) is 3.28. The van der Waals surface area contributed by atoms with Crippen molar-refractivity contribution < 1.29 is 19.1 Å². The average molecular weight is 410 g/mol. The lowest BCUT2D eigenvalue weighted by molar-refractivity contribution is -0.136. The van der Waals surface area contributed by atoms with Crippen LogP contribution in [0.15, 0.2) is 66.7 Å². The number of hydrogen-bond acceptors (Lipinski definition) is 4. The Morgan fingerprint density at radius 1 is 0.897 bits per heavy atom. The molecule has 0 bridgehead atoms. The molecule has 0 saturated carbocycles. The molecule has 0 fully saturated rings. The Morgan fingerprint density at radius 3 is 2.24 bits per heavy atom. The fourth-order valence-electron chi connectivity index (χ4n) is 2.57. The second-order valence-electron chi connectivity index (χ2n) is 6.51.